The van der Waals surface area contributed by atoms with Crippen molar-refractivity contribution in [1.29, 1.82) is 5.26 Å². The predicted octanol–water partition coefficient (Wildman–Crippen LogP) is 3.09. The van der Waals surface area contributed by atoms with E-state index >= 15 is 0 Å². The van der Waals surface area contributed by atoms with Gasteiger partial charge in [-0.3, -0.25) is 0 Å². The molecule has 0 heterocycles. The molecule has 0 amide bonds. The van der Waals surface area contributed by atoms with Crippen molar-refractivity contribution in [3.8, 4) is 6.07 Å². The summed E-state index contributed by atoms with van der Waals surface area (Å²) in [5, 5.41) is 9.03. The van der Waals surface area contributed by atoms with Crippen LogP contribution in [0.3, 0.4) is 0 Å². The van der Waals surface area contributed by atoms with Gasteiger partial charge in [0.05, 0.1) is 11.6 Å². The Morgan fingerprint density at radius 3 is 3.07 bits per heavy atom. The monoisotopic (exact) mass is 181 g/mol. The fourth-order valence-electron chi connectivity index (χ4n) is 2.91. The highest BCUT2D eigenvalue weighted by atomic mass is 14.4. The van der Waals surface area contributed by atoms with Gasteiger partial charge in [0.2, 0.25) is 0 Å². The topological polar surface area (TPSA) is 23.8 Å². The van der Waals surface area contributed by atoms with Crippen molar-refractivity contribution in [3.05, 3.63) is 46.5 Å². The van der Waals surface area contributed by atoms with Gasteiger partial charge in [-0.15, -0.1) is 0 Å². The van der Waals surface area contributed by atoms with Crippen molar-refractivity contribution in [3.63, 3.8) is 0 Å². The van der Waals surface area contributed by atoms with Crippen LogP contribution >= 0.6 is 0 Å². The Kier molecular flexibility index (Phi) is 1.39. The zero-order valence-electron chi connectivity index (χ0n) is 8.12. The molecule has 1 nitrogen and oxygen atoms in total. The molecule has 0 radical (unpaired) electrons. The number of benzene rings is 1. The van der Waals surface area contributed by atoms with Crippen LogP contribution in [-0.2, 0) is 0 Å². The second-order valence-electron chi connectivity index (χ2n) is 4.23. The molecule has 0 aliphatic heterocycles. The summed E-state index contributed by atoms with van der Waals surface area (Å²) in [6, 6.07) is 8.41. The maximum absolute atomic E-state index is 9.03. The number of hydrogen-bond donors (Lipinski definition) is 0. The van der Waals surface area contributed by atoms with Crippen molar-refractivity contribution in [2.75, 3.05) is 0 Å². The molecule has 2 aliphatic carbocycles. The van der Waals surface area contributed by atoms with E-state index in [0.29, 0.717) is 11.8 Å². The molecule has 1 aromatic carbocycles. The summed E-state index contributed by atoms with van der Waals surface area (Å²) >= 11 is 0. The molecule has 2 unspecified atom stereocenters. The number of nitriles is 1. The van der Waals surface area contributed by atoms with Gasteiger partial charge in [0, 0.05) is 11.8 Å². The molecular formula is C13H11N. The first-order valence-electron chi connectivity index (χ1n) is 5.02. The van der Waals surface area contributed by atoms with Gasteiger partial charge in [-0.25, -0.2) is 0 Å². The lowest BCUT2D eigenvalue weighted by molar-refractivity contribution is 0.784. The van der Waals surface area contributed by atoms with Gasteiger partial charge in [-0.05, 0) is 30.5 Å². The van der Waals surface area contributed by atoms with E-state index in [1.54, 1.807) is 0 Å². The summed E-state index contributed by atoms with van der Waals surface area (Å²) < 4.78 is 0. The Balaban J connectivity index is 2.27. The molecule has 0 saturated heterocycles. The molecule has 0 spiro atoms. The Labute approximate surface area is 83.7 Å². The van der Waals surface area contributed by atoms with Crippen molar-refractivity contribution < 1.29 is 0 Å². The van der Waals surface area contributed by atoms with Gasteiger partial charge in [-0.1, -0.05) is 23.8 Å². The second kappa shape index (κ2) is 2.48. The van der Waals surface area contributed by atoms with E-state index in [2.05, 4.69) is 25.1 Å². The first-order valence-corrected chi connectivity index (χ1v) is 5.02. The van der Waals surface area contributed by atoms with Gasteiger partial charge >= 0.3 is 0 Å². The Morgan fingerprint density at radius 1 is 1.43 bits per heavy atom. The second-order valence-corrected chi connectivity index (χ2v) is 4.23. The Hall–Kier alpha value is -1.55. The van der Waals surface area contributed by atoms with Crippen molar-refractivity contribution in [1.82, 2.24) is 0 Å². The fourth-order valence-corrected chi connectivity index (χ4v) is 2.91. The minimum Gasteiger partial charge on any atom is -0.192 e. The molecule has 14 heavy (non-hydrogen) atoms. The van der Waals surface area contributed by atoms with Crippen LogP contribution in [0.2, 0.25) is 0 Å². The first-order chi connectivity index (χ1) is 6.81. The van der Waals surface area contributed by atoms with Gasteiger partial charge in [0.1, 0.15) is 0 Å². The SMILES string of the molecule is CC1=CC2CC1c1cccc(C#N)c12. The third-order valence-electron chi connectivity index (χ3n) is 3.51. The molecule has 3 rings (SSSR count). The highest BCUT2D eigenvalue weighted by Gasteiger charge is 2.37. The summed E-state index contributed by atoms with van der Waals surface area (Å²) in [6.07, 6.45) is 3.52. The normalized spacial score (nSPS) is 27.0. The average Bonchev–Trinajstić information content (AvgIpc) is 2.74. The standard InChI is InChI=1S/C13H11N/c1-8-5-10-6-12(8)11-4-2-3-9(7-14)13(10)11/h2-5,10,12H,6H2,1H3. The Bertz CT molecular complexity index is 476. The van der Waals surface area contributed by atoms with E-state index in [4.69, 9.17) is 5.26 Å². The molecule has 1 heteroatoms. The molecule has 0 aromatic heterocycles. The highest BCUT2D eigenvalue weighted by molar-refractivity contribution is 5.57. The number of allylic oxidation sites excluding steroid dienone is 2. The zero-order chi connectivity index (χ0) is 9.71. The molecule has 1 aromatic rings. The van der Waals surface area contributed by atoms with Crippen molar-refractivity contribution in [2.24, 2.45) is 0 Å². The van der Waals surface area contributed by atoms with Crippen LogP contribution in [0.4, 0.5) is 0 Å². The smallest absolute Gasteiger partial charge is 0.0994 e. The van der Waals surface area contributed by atoms with Crippen molar-refractivity contribution >= 4 is 0 Å². The maximum atomic E-state index is 9.03. The van der Waals surface area contributed by atoms with Gasteiger partial charge in [-0.2, -0.15) is 5.26 Å². The molecule has 0 N–H and O–H groups in total. The minimum absolute atomic E-state index is 0.519. The average molecular weight is 181 g/mol. The number of rotatable bonds is 0. The molecule has 0 saturated carbocycles. The summed E-state index contributed by atoms with van der Waals surface area (Å²) in [4.78, 5) is 0. The van der Waals surface area contributed by atoms with Gasteiger partial charge < -0.3 is 0 Å². The summed E-state index contributed by atoms with van der Waals surface area (Å²) in [6.45, 7) is 2.20. The number of fused-ring (bicyclic) bond motifs is 5. The largest absolute Gasteiger partial charge is 0.192 e. The molecule has 2 bridgehead atoms. The lowest BCUT2D eigenvalue weighted by atomic mass is 9.89. The van der Waals surface area contributed by atoms with Crippen molar-refractivity contribution in [2.45, 2.75) is 25.2 Å². The zero-order valence-corrected chi connectivity index (χ0v) is 8.12. The number of nitrogens with zero attached hydrogens (tertiary/aromatic N) is 1. The molecule has 0 fully saturated rings. The fraction of sp³-hybridized carbons (Fsp3) is 0.308. The summed E-state index contributed by atoms with van der Waals surface area (Å²) in [7, 11) is 0. The van der Waals surface area contributed by atoms with Gasteiger partial charge in [0.25, 0.3) is 0 Å². The lowest BCUT2D eigenvalue weighted by Crippen LogP contribution is -1.99. The third-order valence-corrected chi connectivity index (χ3v) is 3.51. The van der Waals surface area contributed by atoms with Crippen LogP contribution in [-0.4, -0.2) is 0 Å². The van der Waals surface area contributed by atoms with E-state index in [1.807, 2.05) is 12.1 Å². The van der Waals surface area contributed by atoms with Crippen LogP contribution in [0.25, 0.3) is 0 Å². The van der Waals surface area contributed by atoms with E-state index < -0.39 is 0 Å². The summed E-state index contributed by atoms with van der Waals surface area (Å²) in [5.41, 5.74) is 5.05. The highest BCUT2D eigenvalue weighted by Crippen LogP contribution is 2.52. The maximum Gasteiger partial charge on any atom is 0.0994 e. The van der Waals surface area contributed by atoms with E-state index in [0.717, 1.165) is 5.56 Å². The molecule has 68 valence electrons. The summed E-state index contributed by atoms with van der Waals surface area (Å²) in [5.74, 6) is 1.12. The van der Waals surface area contributed by atoms with E-state index in [-0.39, 0.29) is 0 Å². The van der Waals surface area contributed by atoms with E-state index in [1.165, 1.54) is 23.1 Å². The van der Waals surface area contributed by atoms with E-state index in [9.17, 15) is 0 Å². The molecular weight excluding hydrogens is 170 g/mol. The molecule has 2 atom stereocenters. The minimum atomic E-state index is 0.519. The Morgan fingerprint density at radius 2 is 2.29 bits per heavy atom. The predicted molar refractivity (Wildman–Crippen MR) is 55.0 cm³/mol. The van der Waals surface area contributed by atoms with Crippen LogP contribution in [0.1, 0.15) is 41.9 Å². The molecule has 2 aliphatic rings. The third kappa shape index (κ3) is 0.786. The quantitative estimate of drug-likeness (QED) is 0.564. The van der Waals surface area contributed by atoms with Crippen LogP contribution in [0, 0.1) is 11.3 Å². The van der Waals surface area contributed by atoms with Crippen LogP contribution in [0.5, 0.6) is 0 Å². The lowest BCUT2D eigenvalue weighted by Gasteiger charge is -2.14. The number of hydrogen-bond acceptors (Lipinski definition) is 1. The van der Waals surface area contributed by atoms with Gasteiger partial charge in [0.15, 0.2) is 0 Å². The van der Waals surface area contributed by atoms with Crippen LogP contribution in [0.15, 0.2) is 29.8 Å². The first kappa shape index (κ1) is 7.82. The van der Waals surface area contributed by atoms with Crippen LogP contribution < -0.4 is 0 Å².